The summed E-state index contributed by atoms with van der Waals surface area (Å²) in [7, 11) is 0. The van der Waals surface area contributed by atoms with E-state index in [0.29, 0.717) is 6.54 Å². The quantitative estimate of drug-likeness (QED) is 0.917. The summed E-state index contributed by atoms with van der Waals surface area (Å²) in [6, 6.07) is 13.5. The van der Waals surface area contributed by atoms with E-state index in [1.54, 1.807) is 0 Å². The first kappa shape index (κ1) is 14.7. The summed E-state index contributed by atoms with van der Waals surface area (Å²) in [5.41, 5.74) is 9.84. The van der Waals surface area contributed by atoms with Crippen LogP contribution in [0.25, 0.3) is 0 Å². The number of hydrogen-bond acceptors (Lipinski definition) is 2. The summed E-state index contributed by atoms with van der Waals surface area (Å²) in [6.07, 6.45) is 1.03. The molecule has 0 aliphatic carbocycles. The third kappa shape index (κ3) is 3.03. The smallest absolute Gasteiger partial charge is 0.124 e. The number of hydrogen-bond donors (Lipinski definition) is 1. The predicted molar refractivity (Wildman–Crippen MR) is 86.5 cm³/mol. The predicted octanol–water partition coefficient (Wildman–Crippen LogP) is 3.65. The normalized spacial score (nSPS) is 16.5. The maximum Gasteiger partial charge on any atom is 0.124 e. The number of fused-ring (bicyclic) bond motifs is 1. The van der Waals surface area contributed by atoms with Crippen molar-refractivity contribution in [2.24, 2.45) is 5.73 Å². The molecule has 0 bridgehead atoms. The van der Waals surface area contributed by atoms with Crippen molar-refractivity contribution in [3.05, 3.63) is 69.4 Å². The van der Waals surface area contributed by atoms with Crippen LogP contribution in [-0.4, -0.2) is 18.0 Å². The van der Waals surface area contributed by atoms with E-state index in [-0.39, 0.29) is 11.9 Å². The first-order chi connectivity index (χ1) is 10.2. The Balaban J connectivity index is 1.88. The molecule has 0 radical (unpaired) electrons. The summed E-state index contributed by atoms with van der Waals surface area (Å²) in [4.78, 5) is 2.38. The summed E-state index contributed by atoms with van der Waals surface area (Å²) in [5.74, 6) is -0.231. The lowest BCUT2D eigenvalue weighted by Gasteiger charge is -2.35. The fourth-order valence-electron chi connectivity index (χ4n) is 3.03. The number of benzene rings is 2. The van der Waals surface area contributed by atoms with Gasteiger partial charge in [0, 0.05) is 30.1 Å². The van der Waals surface area contributed by atoms with Gasteiger partial charge in [0.1, 0.15) is 5.82 Å². The van der Waals surface area contributed by atoms with Crippen LogP contribution < -0.4 is 5.73 Å². The van der Waals surface area contributed by atoms with E-state index in [4.69, 9.17) is 5.73 Å². The molecule has 0 saturated carbocycles. The van der Waals surface area contributed by atoms with Crippen molar-refractivity contribution < 1.29 is 4.39 Å². The fraction of sp³-hybridized carbons (Fsp3) is 0.294. The topological polar surface area (TPSA) is 29.3 Å². The molecule has 1 unspecified atom stereocenters. The molecule has 0 amide bonds. The van der Waals surface area contributed by atoms with Gasteiger partial charge in [0.2, 0.25) is 0 Å². The van der Waals surface area contributed by atoms with Gasteiger partial charge in [-0.2, -0.15) is 0 Å². The van der Waals surface area contributed by atoms with E-state index in [1.807, 2.05) is 6.07 Å². The zero-order valence-electron chi connectivity index (χ0n) is 11.7. The molecule has 2 aromatic rings. The Bertz CT molecular complexity index is 644. The molecule has 1 heterocycles. The number of nitrogens with zero attached hydrogens (tertiary/aromatic N) is 1. The number of halogens is 2. The van der Waals surface area contributed by atoms with Crippen LogP contribution >= 0.6 is 15.9 Å². The van der Waals surface area contributed by atoms with E-state index in [2.05, 4.69) is 45.1 Å². The third-order valence-electron chi connectivity index (χ3n) is 4.15. The molecule has 0 fully saturated rings. The van der Waals surface area contributed by atoms with Gasteiger partial charge in [-0.15, -0.1) is 0 Å². The second kappa shape index (κ2) is 6.26. The molecular formula is C17H18BrFN2. The highest BCUT2D eigenvalue weighted by Crippen LogP contribution is 2.31. The van der Waals surface area contributed by atoms with Crippen LogP contribution in [0.4, 0.5) is 4.39 Å². The van der Waals surface area contributed by atoms with Gasteiger partial charge in [-0.1, -0.05) is 46.3 Å². The maximum absolute atomic E-state index is 13.3. The van der Waals surface area contributed by atoms with Crippen LogP contribution in [0.5, 0.6) is 0 Å². The Kier molecular flexibility index (Phi) is 4.38. The van der Waals surface area contributed by atoms with Crippen LogP contribution in [0.15, 0.2) is 46.9 Å². The van der Waals surface area contributed by atoms with Gasteiger partial charge >= 0.3 is 0 Å². The Hall–Kier alpha value is -1.23. The summed E-state index contributed by atoms with van der Waals surface area (Å²) in [6.45, 7) is 2.39. The van der Waals surface area contributed by atoms with E-state index >= 15 is 0 Å². The monoisotopic (exact) mass is 348 g/mol. The van der Waals surface area contributed by atoms with Gasteiger partial charge in [0.05, 0.1) is 0 Å². The second-order valence-corrected chi connectivity index (χ2v) is 6.26. The minimum atomic E-state index is -0.231. The highest BCUT2D eigenvalue weighted by atomic mass is 79.9. The van der Waals surface area contributed by atoms with Crippen LogP contribution in [0, 0.1) is 5.82 Å². The molecule has 0 spiro atoms. The fourth-order valence-corrected chi connectivity index (χ4v) is 3.64. The van der Waals surface area contributed by atoms with Crippen LogP contribution in [0.3, 0.4) is 0 Å². The average Bonchev–Trinajstić information content (AvgIpc) is 2.50. The van der Waals surface area contributed by atoms with Crippen molar-refractivity contribution in [1.29, 1.82) is 0 Å². The highest BCUT2D eigenvalue weighted by Gasteiger charge is 2.25. The van der Waals surface area contributed by atoms with Crippen molar-refractivity contribution in [1.82, 2.24) is 4.90 Å². The molecule has 4 heteroatoms. The molecule has 110 valence electrons. The lowest BCUT2D eigenvalue weighted by atomic mass is 9.96. The minimum absolute atomic E-state index is 0.105. The lowest BCUT2D eigenvalue weighted by molar-refractivity contribution is 0.183. The average molecular weight is 349 g/mol. The Morgan fingerprint density at radius 2 is 1.95 bits per heavy atom. The molecular weight excluding hydrogens is 331 g/mol. The molecule has 2 N–H and O–H groups in total. The van der Waals surface area contributed by atoms with Crippen LogP contribution in [-0.2, 0) is 13.0 Å². The van der Waals surface area contributed by atoms with E-state index < -0.39 is 0 Å². The van der Waals surface area contributed by atoms with Gasteiger partial charge in [-0.3, -0.25) is 4.90 Å². The molecule has 3 rings (SSSR count). The van der Waals surface area contributed by atoms with Crippen molar-refractivity contribution in [2.75, 3.05) is 13.1 Å². The maximum atomic E-state index is 13.3. The van der Waals surface area contributed by atoms with Gasteiger partial charge in [0.15, 0.2) is 0 Å². The lowest BCUT2D eigenvalue weighted by Crippen LogP contribution is -2.37. The molecule has 1 atom stereocenters. The standard InChI is InChI=1S/C17H18BrFN2/c18-16-9-14(19)5-6-15(16)17(10-20)21-8-7-12-3-1-2-4-13(12)11-21/h1-6,9,17H,7-8,10-11,20H2. The highest BCUT2D eigenvalue weighted by molar-refractivity contribution is 9.10. The minimum Gasteiger partial charge on any atom is -0.329 e. The van der Waals surface area contributed by atoms with E-state index in [9.17, 15) is 4.39 Å². The second-order valence-electron chi connectivity index (χ2n) is 5.41. The summed E-state index contributed by atoms with van der Waals surface area (Å²) in [5, 5.41) is 0. The SMILES string of the molecule is NCC(c1ccc(F)cc1Br)N1CCc2ccccc2C1. The molecule has 1 aliphatic heterocycles. The van der Waals surface area contributed by atoms with E-state index in [1.165, 1.54) is 23.3 Å². The van der Waals surface area contributed by atoms with Crippen molar-refractivity contribution in [3.8, 4) is 0 Å². The first-order valence-corrected chi connectivity index (χ1v) is 7.94. The van der Waals surface area contributed by atoms with Gasteiger partial charge < -0.3 is 5.73 Å². The largest absolute Gasteiger partial charge is 0.329 e. The third-order valence-corrected chi connectivity index (χ3v) is 4.83. The van der Waals surface area contributed by atoms with Gasteiger partial charge in [-0.25, -0.2) is 4.39 Å². The van der Waals surface area contributed by atoms with Crippen molar-refractivity contribution in [3.63, 3.8) is 0 Å². The van der Waals surface area contributed by atoms with Gasteiger partial charge in [-0.05, 0) is 35.2 Å². The zero-order chi connectivity index (χ0) is 14.8. The van der Waals surface area contributed by atoms with E-state index in [0.717, 1.165) is 29.5 Å². The molecule has 2 nitrogen and oxygen atoms in total. The van der Waals surface area contributed by atoms with Crippen molar-refractivity contribution >= 4 is 15.9 Å². The Morgan fingerprint density at radius 3 is 2.67 bits per heavy atom. The number of nitrogens with two attached hydrogens (primary N) is 1. The molecule has 1 aliphatic rings. The molecule has 0 saturated heterocycles. The molecule has 21 heavy (non-hydrogen) atoms. The van der Waals surface area contributed by atoms with Crippen LogP contribution in [0.2, 0.25) is 0 Å². The Labute approximate surface area is 132 Å². The number of rotatable bonds is 3. The first-order valence-electron chi connectivity index (χ1n) is 7.15. The zero-order valence-corrected chi connectivity index (χ0v) is 13.3. The Morgan fingerprint density at radius 1 is 1.19 bits per heavy atom. The van der Waals surface area contributed by atoms with Crippen LogP contribution in [0.1, 0.15) is 22.7 Å². The van der Waals surface area contributed by atoms with Crippen molar-refractivity contribution in [2.45, 2.75) is 19.0 Å². The summed E-state index contributed by atoms with van der Waals surface area (Å²) >= 11 is 3.46. The molecule has 0 aromatic heterocycles. The summed E-state index contributed by atoms with van der Waals surface area (Å²) < 4.78 is 14.1. The van der Waals surface area contributed by atoms with Gasteiger partial charge in [0.25, 0.3) is 0 Å². The molecule has 2 aromatic carbocycles.